The van der Waals surface area contributed by atoms with E-state index in [0.717, 1.165) is 5.56 Å². The van der Waals surface area contributed by atoms with E-state index in [1.54, 1.807) is 0 Å². The predicted molar refractivity (Wildman–Crippen MR) is 50.4 cm³/mol. The molecule has 2 heterocycles. The van der Waals surface area contributed by atoms with E-state index in [4.69, 9.17) is 14.5 Å². The van der Waals surface area contributed by atoms with E-state index in [0.29, 0.717) is 23.9 Å². The van der Waals surface area contributed by atoms with Crippen molar-refractivity contribution in [2.24, 2.45) is 0 Å². The van der Waals surface area contributed by atoms with Gasteiger partial charge in [-0.2, -0.15) is 10.1 Å². The quantitative estimate of drug-likeness (QED) is 0.763. The van der Waals surface area contributed by atoms with Crippen LogP contribution in [-0.2, 0) is 18.1 Å². The Morgan fingerprint density at radius 1 is 1.44 bits per heavy atom. The van der Waals surface area contributed by atoms with Gasteiger partial charge < -0.3 is 9.62 Å². The average Bonchev–Trinajstić information content (AvgIpc) is 2.97. The molecule has 82 valence electrons. The van der Waals surface area contributed by atoms with Gasteiger partial charge in [-0.25, -0.2) is 0 Å². The highest BCUT2D eigenvalue weighted by molar-refractivity contribution is 5.45. The maximum Gasteiger partial charge on any atom is 0.211 e. The molecule has 0 unspecified atom stereocenters. The van der Waals surface area contributed by atoms with E-state index in [2.05, 4.69) is 20.6 Å². The van der Waals surface area contributed by atoms with Crippen molar-refractivity contribution in [2.75, 3.05) is 0 Å². The van der Waals surface area contributed by atoms with E-state index in [9.17, 15) is 0 Å². The first-order valence-corrected chi connectivity index (χ1v) is 4.70. The second kappa shape index (κ2) is 3.78. The number of hydrogen-bond donors (Lipinski definition) is 1. The Balaban J connectivity index is 1.78. The fraction of sp³-hybridized carbons (Fsp3) is 0.222. The van der Waals surface area contributed by atoms with Crippen molar-refractivity contribution in [2.45, 2.75) is 13.2 Å². The number of rotatable bonds is 3. The van der Waals surface area contributed by atoms with Crippen molar-refractivity contribution in [1.82, 2.24) is 20.6 Å². The number of aromatic nitrogens is 4. The van der Waals surface area contributed by atoms with Crippen LogP contribution in [0.2, 0.25) is 0 Å². The minimum absolute atomic E-state index is 0.257. The van der Waals surface area contributed by atoms with Crippen molar-refractivity contribution in [1.29, 1.82) is 0 Å². The maximum absolute atomic E-state index is 5.55. The van der Waals surface area contributed by atoms with Gasteiger partial charge in [-0.15, -0.1) is 10.2 Å². The minimum Gasteiger partial charge on any atom is -0.485 e. The summed E-state index contributed by atoms with van der Waals surface area (Å²) in [4.78, 5) is 9.81. The van der Waals surface area contributed by atoms with Crippen molar-refractivity contribution < 1.29 is 14.5 Å². The van der Waals surface area contributed by atoms with Gasteiger partial charge in [0.15, 0.2) is 12.4 Å². The summed E-state index contributed by atoms with van der Waals surface area (Å²) in [5.74, 6) is 1.89. The Labute approximate surface area is 90.3 Å². The minimum atomic E-state index is 0.257. The molecule has 1 aliphatic rings. The Bertz CT molecular complexity index is 486. The van der Waals surface area contributed by atoms with Crippen LogP contribution in [-0.4, -0.2) is 20.6 Å². The van der Waals surface area contributed by atoms with Crippen LogP contribution in [0.5, 0.6) is 11.5 Å². The number of hydrogen-bond acceptors (Lipinski definition) is 6. The molecule has 0 atom stereocenters. The first-order valence-electron chi connectivity index (χ1n) is 4.70. The second-order valence-electron chi connectivity index (χ2n) is 3.20. The summed E-state index contributed by atoms with van der Waals surface area (Å²) in [6, 6.07) is 5.50. The average molecular weight is 220 g/mol. The molecule has 0 amide bonds. The SMILES string of the molecule is c1cc(OCc2nn[nH]n2)c2c(c1)OOC2. The molecule has 0 bridgehead atoms. The van der Waals surface area contributed by atoms with Crippen LogP contribution in [0.1, 0.15) is 11.4 Å². The predicted octanol–water partition coefficient (Wildman–Crippen LogP) is 0.603. The number of fused-ring (bicyclic) bond motifs is 1. The summed E-state index contributed by atoms with van der Waals surface area (Å²) >= 11 is 0. The number of aromatic amines is 1. The molecular weight excluding hydrogens is 212 g/mol. The van der Waals surface area contributed by atoms with E-state index < -0.39 is 0 Å². The number of tetrazole rings is 1. The summed E-state index contributed by atoms with van der Waals surface area (Å²) < 4.78 is 5.55. The topological polar surface area (TPSA) is 82.2 Å². The van der Waals surface area contributed by atoms with Gasteiger partial charge in [-0.1, -0.05) is 11.3 Å². The third-order valence-corrected chi connectivity index (χ3v) is 2.19. The molecule has 16 heavy (non-hydrogen) atoms. The highest BCUT2D eigenvalue weighted by atomic mass is 17.2. The molecule has 2 aromatic rings. The van der Waals surface area contributed by atoms with E-state index in [1.807, 2.05) is 18.2 Å². The molecule has 1 aromatic heterocycles. The molecule has 7 heteroatoms. The lowest BCUT2D eigenvalue weighted by Gasteiger charge is -2.05. The van der Waals surface area contributed by atoms with Gasteiger partial charge in [0.25, 0.3) is 0 Å². The first kappa shape index (κ1) is 9.10. The number of ether oxygens (including phenoxy) is 1. The van der Waals surface area contributed by atoms with Gasteiger partial charge in [0.05, 0.1) is 5.56 Å². The summed E-state index contributed by atoms with van der Waals surface area (Å²) in [6.45, 7) is 0.644. The molecule has 0 saturated carbocycles. The van der Waals surface area contributed by atoms with Crippen LogP contribution in [0.4, 0.5) is 0 Å². The Morgan fingerprint density at radius 2 is 2.44 bits per heavy atom. The lowest BCUT2D eigenvalue weighted by atomic mass is 10.2. The van der Waals surface area contributed by atoms with Gasteiger partial charge in [-0.05, 0) is 12.1 Å². The van der Waals surface area contributed by atoms with Crippen LogP contribution in [0, 0.1) is 0 Å². The fourth-order valence-corrected chi connectivity index (χ4v) is 1.44. The molecule has 0 spiro atoms. The summed E-state index contributed by atoms with van der Waals surface area (Å²) in [5, 5.41) is 13.4. The van der Waals surface area contributed by atoms with Crippen molar-refractivity contribution >= 4 is 0 Å². The van der Waals surface area contributed by atoms with Crippen LogP contribution in [0.25, 0.3) is 0 Å². The normalized spacial score (nSPS) is 13.2. The van der Waals surface area contributed by atoms with Crippen LogP contribution in [0.3, 0.4) is 0 Å². The smallest absolute Gasteiger partial charge is 0.211 e. The van der Waals surface area contributed by atoms with Crippen molar-refractivity contribution in [3.63, 3.8) is 0 Å². The van der Waals surface area contributed by atoms with Crippen LogP contribution in [0.15, 0.2) is 18.2 Å². The maximum atomic E-state index is 5.55. The van der Waals surface area contributed by atoms with Gasteiger partial charge in [0.2, 0.25) is 5.82 Å². The third-order valence-electron chi connectivity index (χ3n) is 2.19. The highest BCUT2D eigenvalue weighted by Gasteiger charge is 2.18. The van der Waals surface area contributed by atoms with E-state index >= 15 is 0 Å². The summed E-state index contributed by atoms with van der Waals surface area (Å²) in [5.41, 5.74) is 0.894. The standard InChI is InChI=1S/C9H8N4O3/c1-2-7(6-4-15-16-8(6)3-1)14-5-9-10-12-13-11-9/h1-3H,4-5H2,(H,10,11,12,13). The van der Waals surface area contributed by atoms with Crippen LogP contribution >= 0.6 is 0 Å². The van der Waals surface area contributed by atoms with Crippen molar-refractivity contribution in [3.05, 3.63) is 29.6 Å². The summed E-state index contributed by atoms with van der Waals surface area (Å²) in [7, 11) is 0. The fourth-order valence-electron chi connectivity index (χ4n) is 1.44. The molecule has 3 rings (SSSR count). The molecule has 1 N–H and O–H groups in total. The highest BCUT2D eigenvalue weighted by Crippen LogP contribution is 2.33. The van der Waals surface area contributed by atoms with E-state index in [1.165, 1.54) is 0 Å². The lowest BCUT2D eigenvalue weighted by Crippen LogP contribution is -1.99. The molecule has 0 fully saturated rings. The molecule has 0 aliphatic carbocycles. The Morgan fingerprint density at radius 3 is 3.31 bits per heavy atom. The molecule has 7 nitrogen and oxygen atoms in total. The molecular formula is C9H8N4O3. The number of H-pyrrole nitrogens is 1. The van der Waals surface area contributed by atoms with E-state index in [-0.39, 0.29) is 6.61 Å². The molecule has 0 saturated heterocycles. The monoisotopic (exact) mass is 220 g/mol. The molecule has 0 radical (unpaired) electrons. The van der Waals surface area contributed by atoms with Crippen molar-refractivity contribution in [3.8, 4) is 11.5 Å². The zero-order chi connectivity index (χ0) is 10.8. The molecule has 1 aliphatic heterocycles. The largest absolute Gasteiger partial charge is 0.485 e. The lowest BCUT2D eigenvalue weighted by molar-refractivity contribution is -0.194. The van der Waals surface area contributed by atoms with Gasteiger partial charge >= 0.3 is 0 Å². The van der Waals surface area contributed by atoms with Gasteiger partial charge in [0, 0.05) is 0 Å². The Kier molecular flexibility index (Phi) is 2.15. The number of benzene rings is 1. The first-order chi connectivity index (χ1) is 7.93. The van der Waals surface area contributed by atoms with Crippen LogP contribution < -0.4 is 9.62 Å². The summed E-state index contributed by atoms with van der Waals surface area (Å²) in [6.07, 6.45) is 0. The number of nitrogens with zero attached hydrogens (tertiary/aromatic N) is 3. The van der Waals surface area contributed by atoms with Gasteiger partial charge in [0.1, 0.15) is 12.4 Å². The second-order valence-corrected chi connectivity index (χ2v) is 3.20. The molecule has 1 aromatic carbocycles. The third kappa shape index (κ3) is 1.57. The zero-order valence-electron chi connectivity index (χ0n) is 8.21. The number of nitrogens with one attached hydrogen (secondary N) is 1. The zero-order valence-corrected chi connectivity index (χ0v) is 8.21. The Hall–Kier alpha value is -2.15. The van der Waals surface area contributed by atoms with Gasteiger partial charge in [-0.3, -0.25) is 0 Å².